The zero-order chi connectivity index (χ0) is 16.1. The summed E-state index contributed by atoms with van der Waals surface area (Å²) in [6, 6.07) is 3.43. The molecule has 0 spiro atoms. The predicted molar refractivity (Wildman–Crippen MR) is 93.7 cm³/mol. The summed E-state index contributed by atoms with van der Waals surface area (Å²) in [7, 11) is 0. The van der Waals surface area contributed by atoms with Gasteiger partial charge >= 0.3 is 0 Å². The molecule has 0 aliphatic carbocycles. The number of hydrogen-bond donors (Lipinski definition) is 0. The molecule has 5 nitrogen and oxygen atoms in total. The summed E-state index contributed by atoms with van der Waals surface area (Å²) in [5.74, 6) is 4.68. The average Bonchev–Trinajstić information content (AvgIpc) is 3.16. The van der Waals surface area contributed by atoms with Gasteiger partial charge in [-0.25, -0.2) is 0 Å². The molecule has 0 saturated carbocycles. The van der Waals surface area contributed by atoms with E-state index in [2.05, 4.69) is 4.90 Å². The standard InChI is InChI=1S/C16H22N2O3S2/c19-14(15-4-2-6-21-15)9-13-3-1-5-18(13)16(20)10-17-11-22-7-8-23-12-17/h2,4,6,13H,1,3,5,7-12H2. The molecule has 0 bridgehead atoms. The van der Waals surface area contributed by atoms with Crippen molar-refractivity contribution in [3.05, 3.63) is 24.2 Å². The van der Waals surface area contributed by atoms with Gasteiger partial charge in [0.15, 0.2) is 11.5 Å². The average molecular weight is 354 g/mol. The van der Waals surface area contributed by atoms with E-state index in [0.29, 0.717) is 18.7 Å². The second kappa shape index (κ2) is 8.26. The highest BCUT2D eigenvalue weighted by Crippen LogP contribution is 2.23. The van der Waals surface area contributed by atoms with Crippen molar-refractivity contribution in [2.45, 2.75) is 25.3 Å². The van der Waals surface area contributed by atoms with Crippen molar-refractivity contribution in [1.82, 2.24) is 9.80 Å². The van der Waals surface area contributed by atoms with Gasteiger partial charge in [0.25, 0.3) is 0 Å². The Balaban J connectivity index is 1.55. The molecule has 23 heavy (non-hydrogen) atoms. The predicted octanol–water partition coefficient (Wildman–Crippen LogP) is 2.54. The lowest BCUT2D eigenvalue weighted by Crippen LogP contribution is -2.43. The lowest BCUT2D eigenvalue weighted by molar-refractivity contribution is -0.132. The van der Waals surface area contributed by atoms with Gasteiger partial charge in [0.2, 0.25) is 5.91 Å². The van der Waals surface area contributed by atoms with E-state index in [9.17, 15) is 9.59 Å². The van der Waals surface area contributed by atoms with Crippen molar-refractivity contribution in [2.24, 2.45) is 0 Å². The van der Waals surface area contributed by atoms with Crippen LogP contribution in [0.25, 0.3) is 0 Å². The van der Waals surface area contributed by atoms with Crippen LogP contribution in [0.4, 0.5) is 0 Å². The monoisotopic (exact) mass is 354 g/mol. The topological polar surface area (TPSA) is 53.8 Å². The minimum atomic E-state index is -0.0133. The summed E-state index contributed by atoms with van der Waals surface area (Å²) in [6.45, 7) is 1.23. The molecule has 1 aromatic rings. The van der Waals surface area contributed by atoms with Gasteiger partial charge < -0.3 is 9.32 Å². The van der Waals surface area contributed by atoms with Gasteiger partial charge in [-0.2, -0.15) is 0 Å². The first kappa shape index (κ1) is 16.9. The molecule has 2 aliphatic heterocycles. The van der Waals surface area contributed by atoms with Gasteiger partial charge in [0, 0.05) is 42.3 Å². The minimum Gasteiger partial charge on any atom is -0.461 e. The second-order valence-corrected chi connectivity index (χ2v) is 8.04. The second-order valence-electron chi connectivity index (χ2n) is 5.89. The summed E-state index contributed by atoms with van der Waals surface area (Å²) in [5.41, 5.74) is 0. The molecular weight excluding hydrogens is 332 g/mol. The first-order chi connectivity index (χ1) is 11.2. The molecule has 3 heterocycles. The Kier molecular flexibility index (Phi) is 6.08. The molecule has 1 unspecified atom stereocenters. The number of carbonyl (C=O) groups excluding carboxylic acids is 2. The maximum absolute atomic E-state index is 12.6. The highest BCUT2D eigenvalue weighted by molar-refractivity contribution is 8.03. The van der Waals surface area contributed by atoms with Gasteiger partial charge in [0.05, 0.1) is 12.8 Å². The quantitative estimate of drug-likeness (QED) is 0.758. The first-order valence-corrected chi connectivity index (χ1v) is 10.3. The summed E-state index contributed by atoms with van der Waals surface area (Å²) in [4.78, 5) is 29.0. The Hall–Kier alpha value is -0.920. The molecule has 1 amide bonds. The van der Waals surface area contributed by atoms with E-state index in [1.54, 1.807) is 12.1 Å². The van der Waals surface area contributed by atoms with Crippen molar-refractivity contribution >= 4 is 35.2 Å². The molecule has 126 valence electrons. The zero-order valence-electron chi connectivity index (χ0n) is 13.1. The molecule has 3 rings (SSSR count). The summed E-state index contributed by atoms with van der Waals surface area (Å²) < 4.78 is 5.17. The van der Waals surface area contributed by atoms with Crippen LogP contribution < -0.4 is 0 Å². The molecule has 1 atom stereocenters. The lowest BCUT2D eigenvalue weighted by atomic mass is 10.1. The normalized spacial score (nSPS) is 23.0. The molecule has 0 radical (unpaired) electrons. The van der Waals surface area contributed by atoms with E-state index in [1.165, 1.54) is 6.26 Å². The third-order valence-corrected chi connectivity index (χ3v) is 6.53. The lowest BCUT2D eigenvalue weighted by Gasteiger charge is -2.27. The van der Waals surface area contributed by atoms with Crippen LogP contribution in [0.2, 0.25) is 0 Å². The van der Waals surface area contributed by atoms with Crippen LogP contribution in [0, 0.1) is 0 Å². The maximum Gasteiger partial charge on any atom is 0.237 e. The first-order valence-electron chi connectivity index (χ1n) is 7.98. The van der Waals surface area contributed by atoms with E-state index in [-0.39, 0.29) is 17.7 Å². The molecule has 2 aliphatic rings. The van der Waals surface area contributed by atoms with Crippen LogP contribution in [0.1, 0.15) is 29.8 Å². The van der Waals surface area contributed by atoms with Crippen molar-refractivity contribution in [1.29, 1.82) is 0 Å². The number of hydrogen-bond acceptors (Lipinski definition) is 6. The van der Waals surface area contributed by atoms with E-state index >= 15 is 0 Å². The largest absolute Gasteiger partial charge is 0.461 e. The number of rotatable bonds is 5. The number of ketones is 1. The molecule has 2 saturated heterocycles. The fraction of sp³-hybridized carbons (Fsp3) is 0.625. The van der Waals surface area contributed by atoms with Crippen LogP contribution in [0.3, 0.4) is 0 Å². The highest BCUT2D eigenvalue weighted by Gasteiger charge is 2.31. The molecular formula is C16H22N2O3S2. The minimum absolute atomic E-state index is 0.0133. The van der Waals surface area contributed by atoms with E-state index in [1.807, 2.05) is 28.4 Å². The zero-order valence-corrected chi connectivity index (χ0v) is 14.7. The number of Topliss-reactive ketones (excluding diaryl/α,β-unsaturated/α-hetero) is 1. The molecule has 2 fully saturated rings. The Morgan fingerprint density at radius 1 is 1.26 bits per heavy atom. The van der Waals surface area contributed by atoms with Crippen molar-refractivity contribution in [2.75, 3.05) is 36.3 Å². The van der Waals surface area contributed by atoms with Crippen LogP contribution in [0.5, 0.6) is 0 Å². The van der Waals surface area contributed by atoms with E-state index in [0.717, 1.165) is 42.6 Å². The number of amides is 1. The van der Waals surface area contributed by atoms with Crippen LogP contribution >= 0.6 is 23.5 Å². The Morgan fingerprint density at radius 3 is 2.74 bits per heavy atom. The van der Waals surface area contributed by atoms with Gasteiger partial charge in [-0.1, -0.05) is 0 Å². The van der Waals surface area contributed by atoms with E-state index < -0.39 is 0 Å². The third-order valence-electron chi connectivity index (χ3n) is 4.19. The van der Waals surface area contributed by atoms with Crippen molar-refractivity contribution in [3.63, 3.8) is 0 Å². The van der Waals surface area contributed by atoms with Crippen LogP contribution in [-0.2, 0) is 4.79 Å². The number of likely N-dealkylation sites (tertiary alicyclic amines) is 1. The highest BCUT2D eigenvalue weighted by atomic mass is 32.2. The Bertz CT molecular complexity index is 527. The van der Waals surface area contributed by atoms with Gasteiger partial charge in [-0.15, -0.1) is 23.5 Å². The molecule has 1 aromatic heterocycles. The van der Waals surface area contributed by atoms with E-state index in [4.69, 9.17) is 4.42 Å². The Morgan fingerprint density at radius 2 is 2.04 bits per heavy atom. The number of carbonyl (C=O) groups is 2. The number of nitrogens with zero attached hydrogens (tertiary/aromatic N) is 2. The Labute approximate surface area is 145 Å². The molecule has 7 heteroatoms. The maximum atomic E-state index is 12.6. The summed E-state index contributed by atoms with van der Waals surface area (Å²) in [6.07, 6.45) is 3.76. The van der Waals surface area contributed by atoms with Gasteiger partial charge in [-0.05, 0) is 25.0 Å². The summed E-state index contributed by atoms with van der Waals surface area (Å²) >= 11 is 3.77. The summed E-state index contributed by atoms with van der Waals surface area (Å²) in [5, 5.41) is 0. The number of furan rings is 1. The smallest absolute Gasteiger partial charge is 0.237 e. The van der Waals surface area contributed by atoms with Crippen molar-refractivity contribution in [3.8, 4) is 0 Å². The van der Waals surface area contributed by atoms with Crippen molar-refractivity contribution < 1.29 is 14.0 Å². The fourth-order valence-electron chi connectivity index (χ4n) is 3.04. The molecule has 0 aromatic carbocycles. The molecule has 0 N–H and O–H groups in total. The van der Waals surface area contributed by atoms with Gasteiger partial charge in [0.1, 0.15) is 0 Å². The van der Waals surface area contributed by atoms with Crippen LogP contribution in [0.15, 0.2) is 22.8 Å². The number of thioether (sulfide) groups is 2. The fourth-order valence-corrected chi connectivity index (χ4v) is 5.24. The van der Waals surface area contributed by atoms with Crippen LogP contribution in [-0.4, -0.2) is 63.9 Å². The SMILES string of the molecule is O=C(CC1CCCN1C(=O)CN1CSCCSC1)c1ccco1. The third kappa shape index (κ3) is 4.55. The van der Waals surface area contributed by atoms with Gasteiger partial charge in [-0.3, -0.25) is 14.5 Å².